The number of carbonyl (C=O) groups excluding carboxylic acids is 2. The minimum absolute atomic E-state index is 0.0369. The average molecular weight is 434 g/mol. The van der Waals surface area contributed by atoms with Crippen LogP contribution in [0.5, 0.6) is 0 Å². The number of ether oxygens (including phenoxy) is 1. The van der Waals surface area contributed by atoms with Gasteiger partial charge in [-0.15, -0.1) is 0 Å². The second-order valence-electron chi connectivity index (χ2n) is 8.42. The molecule has 8 heteroatoms. The maximum absolute atomic E-state index is 13.1. The Morgan fingerprint density at radius 1 is 1.03 bits per heavy atom. The van der Waals surface area contributed by atoms with E-state index < -0.39 is 0 Å². The monoisotopic (exact) mass is 434 g/mol. The van der Waals surface area contributed by atoms with E-state index in [4.69, 9.17) is 9.15 Å². The fourth-order valence-corrected chi connectivity index (χ4v) is 4.51. The summed E-state index contributed by atoms with van der Waals surface area (Å²) in [6.45, 7) is 7.20. The highest BCUT2D eigenvalue weighted by atomic mass is 16.5. The lowest BCUT2D eigenvalue weighted by Crippen LogP contribution is -2.41. The SMILES string of the molecule is Cc1nc(C2CCN(C(=O)c3oc4ccccc4c3C)C2)ncc1C(=O)N1CCOCC1. The Morgan fingerprint density at radius 3 is 2.56 bits per heavy atom. The van der Waals surface area contributed by atoms with E-state index in [1.165, 1.54) is 0 Å². The zero-order chi connectivity index (χ0) is 22.2. The smallest absolute Gasteiger partial charge is 0.289 e. The van der Waals surface area contributed by atoms with Crippen molar-refractivity contribution in [2.75, 3.05) is 39.4 Å². The molecule has 2 amide bonds. The molecule has 0 saturated carbocycles. The molecule has 2 aliphatic heterocycles. The van der Waals surface area contributed by atoms with E-state index in [9.17, 15) is 9.59 Å². The van der Waals surface area contributed by atoms with Gasteiger partial charge in [-0.3, -0.25) is 9.59 Å². The van der Waals surface area contributed by atoms with E-state index in [1.807, 2.05) is 38.1 Å². The van der Waals surface area contributed by atoms with Crippen LogP contribution in [0.1, 0.15) is 50.3 Å². The summed E-state index contributed by atoms with van der Waals surface area (Å²) in [5.41, 5.74) is 2.79. The van der Waals surface area contributed by atoms with Crippen molar-refractivity contribution in [1.82, 2.24) is 19.8 Å². The number of hydrogen-bond acceptors (Lipinski definition) is 6. The van der Waals surface area contributed by atoms with Crippen molar-refractivity contribution in [1.29, 1.82) is 0 Å². The topological polar surface area (TPSA) is 88.8 Å². The lowest BCUT2D eigenvalue weighted by molar-refractivity contribution is 0.0301. The Balaban J connectivity index is 1.30. The number of benzene rings is 1. The van der Waals surface area contributed by atoms with E-state index in [1.54, 1.807) is 16.0 Å². The van der Waals surface area contributed by atoms with Crippen LogP contribution in [0, 0.1) is 13.8 Å². The molecule has 2 saturated heterocycles. The molecule has 0 bridgehead atoms. The summed E-state index contributed by atoms with van der Waals surface area (Å²) < 4.78 is 11.2. The molecule has 4 heterocycles. The molecular weight excluding hydrogens is 408 g/mol. The number of hydrogen-bond donors (Lipinski definition) is 0. The van der Waals surface area contributed by atoms with Crippen molar-refractivity contribution < 1.29 is 18.7 Å². The van der Waals surface area contributed by atoms with Crippen molar-refractivity contribution in [3.63, 3.8) is 0 Å². The first-order chi connectivity index (χ1) is 15.5. The third kappa shape index (κ3) is 3.64. The van der Waals surface area contributed by atoms with E-state index in [0.717, 1.165) is 23.0 Å². The molecule has 0 radical (unpaired) electrons. The van der Waals surface area contributed by atoms with Crippen molar-refractivity contribution in [2.24, 2.45) is 0 Å². The first kappa shape index (κ1) is 20.6. The van der Waals surface area contributed by atoms with Gasteiger partial charge in [0, 0.05) is 49.2 Å². The zero-order valence-corrected chi connectivity index (χ0v) is 18.3. The van der Waals surface area contributed by atoms with Crippen LogP contribution in [0.25, 0.3) is 11.0 Å². The number of furan rings is 1. The number of aryl methyl sites for hydroxylation is 2. The van der Waals surface area contributed by atoms with E-state index in [0.29, 0.717) is 62.2 Å². The number of rotatable bonds is 3. The fourth-order valence-electron chi connectivity index (χ4n) is 4.51. The highest BCUT2D eigenvalue weighted by Gasteiger charge is 2.33. The minimum atomic E-state index is -0.1000. The fraction of sp³-hybridized carbons (Fsp3) is 0.417. The molecule has 0 spiro atoms. The molecule has 166 valence electrons. The summed E-state index contributed by atoms with van der Waals surface area (Å²) >= 11 is 0. The molecule has 3 aromatic rings. The minimum Gasteiger partial charge on any atom is -0.451 e. The van der Waals surface area contributed by atoms with Crippen molar-refractivity contribution in [2.45, 2.75) is 26.2 Å². The number of amides is 2. The Bertz CT molecular complexity index is 1180. The summed E-state index contributed by atoms with van der Waals surface area (Å²) in [5, 5.41) is 0.964. The molecule has 2 aliphatic rings. The normalized spacial score (nSPS) is 19.0. The van der Waals surface area contributed by atoms with Crippen LogP contribution >= 0.6 is 0 Å². The van der Waals surface area contributed by atoms with Gasteiger partial charge in [0.05, 0.1) is 24.5 Å². The van der Waals surface area contributed by atoms with Crippen LogP contribution in [0.15, 0.2) is 34.9 Å². The zero-order valence-electron chi connectivity index (χ0n) is 18.3. The average Bonchev–Trinajstić information content (AvgIpc) is 3.44. The van der Waals surface area contributed by atoms with E-state index >= 15 is 0 Å². The molecule has 5 rings (SSSR count). The van der Waals surface area contributed by atoms with Crippen LogP contribution < -0.4 is 0 Å². The summed E-state index contributed by atoms with van der Waals surface area (Å²) in [5.74, 6) is 0.959. The second kappa shape index (κ2) is 8.35. The van der Waals surface area contributed by atoms with E-state index in [2.05, 4.69) is 9.97 Å². The summed E-state index contributed by atoms with van der Waals surface area (Å²) in [7, 11) is 0. The Kier molecular flexibility index (Phi) is 5.38. The van der Waals surface area contributed by atoms with Gasteiger partial charge in [-0.05, 0) is 26.3 Å². The van der Waals surface area contributed by atoms with Gasteiger partial charge >= 0.3 is 0 Å². The Hall–Kier alpha value is -3.26. The molecule has 1 atom stereocenters. The van der Waals surface area contributed by atoms with Gasteiger partial charge in [-0.2, -0.15) is 0 Å². The predicted octanol–water partition coefficient (Wildman–Crippen LogP) is 2.94. The maximum atomic E-state index is 13.1. The number of morpholine rings is 1. The van der Waals surface area contributed by atoms with Crippen LogP contribution in [0.3, 0.4) is 0 Å². The molecule has 8 nitrogen and oxygen atoms in total. The Labute approximate surface area is 186 Å². The van der Waals surface area contributed by atoms with Crippen LogP contribution in [0.4, 0.5) is 0 Å². The predicted molar refractivity (Wildman–Crippen MR) is 118 cm³/mol. The largest absolute Gasteiger partial charge is 0.451 e. The molecule has 0 N–H and O–H groups in total. The third-order valence-corrected chi connectivity index (χ3v) is 6.41. The third-order valence-electron chi connectivity index (χ3n) is 6.41. The molecule has 2 fully saturated rings. The number of carbonyl (C=O) groups is 2. The number of para-hydroxylation sites is 1. The van der Waals surface area contributed by atoms with Crippen LogP contribution in [-0.4, -0.2) is 71.0 Å². The van der Waals surface area contributed by atoms with Gasteiger partial charge in [0.15, 0.2) is 5.76 Å². The van der Waals surface area contributed by atoms with Gasteiger partial charge < -0.3 is 19.0 Å². The summed E-state index contributed by atoms with van der Waals surface area (Å²) in [6, 6.07) is 7.69. The highest BCUT2D eigenvalue weighted by molar-refractivity contribution is 5.99. The lowest BCUT2D eigenvalue weighted by atomic mass is 10.1. The summed E-state index contributed by atoms with van der Waals surface area (Å²) in [6.07, 6.45) is 2.41. The first-order valence-electron chi connectivity index (χ1n) is 11.0. The number of aromatic nitrogens is 2. The molecule has 32 heavy (non-hydrogen) atoms. The number of nitrogens with zero attached hydrogens (tertiary/aromatic N) is 4. The number of likely N-dealkylation sites (tertiary alicyclic amines) is 1. The van der Waals surface area contributed by atoms with Crippen LogP contribution in [0.2, 0.25) is 0 Å². The van der Waals surface area contributed by atoms with Gasteiger partial charge in [0.25, 0.3) is 11.8 Å². The highest BCUT2D eigenvalue weighted by Crippen LogP contribution is 2.30. The first-order valence-corrected chi connectivity index (χ1v) is 11.0. The van der Waals surface area contributed by atoms with Crippen molar-refractivity contribution in [3.05, 3.63) is 58.9 Å². The summed E-state index contributed by atoms with van der Waals surface area (Å²) in [4.78, 5) is 38.6. The second-order valence-corrected chi connectivity index (χ2v) is 8.42. The standard InChI is InChI=1S/C24H26N4O4/c1-15-18-5-3-4-6-20(18)32-21(15)24(30)28-8-7-17(14-28)22-25-13-19(16(2)26-22)23(29)27-9-11-31-12-10-27/h3-6,13,17H,7-12,14H2,1-2H3. The van der Waals surface area contributed by atoms with Crippen molar-refractivity contribution in [3.8, 4) is 0 Å². The quantitative estimate of drug-likeness (QED) is 0.630. The van der Waals surface area contributed by atoms with Gasteiger partial charge in [-0.1, -0.05) is 18.2 Å². The lowest BCUT2D eigenvalue weighted by Gasteiger charge is -2.27. The van der Waals surface area contributed by atoms with Crippen LogP contribution in [-0.2, 0) is 4.74 Å². The molecular formula is C24H26N4O4. The van der Waals surface area contributed by atoms with Gasteiger partial charge in [0.2, 0.25) is 0 Å². The molecule has 1 unspecified atom stereocenters. The van der Waals surface area contributed by atoms with Gasteiger partial charge in [0.1, 0.15) is 11.4 Å². The maximum Gasteiger partial charge on any atom is 0.289 e. The van der Waals surface area contributed by atoms with Crippen molar-refractivity contribution >= 4 is 22.8 Å². The molecule has 1 aromatic carbocycles. The Morgan fingerprint density at radius 2 is 1.81 bits per heavy atom. The number of fused-ring (bicyclic) bond motifs is 1. The molecule has 2 aromatic heterocycles. The van der Waals surface area contributed by atoms with E-state index in [-0.39, 0.29) is 17.7 Å². The molecule has 0 aliphatic carbocycles. The van der Waals surface area contributed by atoms with Gasteiger partial charge in [-0.25, -0.2) is 9.97 Å².